The molecule has 0 saturated carbocycles. The maximum Gasteiger partial charge on any atom is 0.342 e. The monoisotopic (exact) mass is 516 g/mol. The first kappa shape index (κ1) is 31.9. The Hall–Kier alpha value is -3.16. The van der Waals surface area contributed by atoms with Crippen molar-refractivity contribution in [3.63, 3.8) is 0 Å². The van der Waals surface area contributed by atoms with Gasteiger partial charge in [0.1, 0.15) is 11.6 Å². The highest BCUT2D eigenvalue weighted by atomic mass is 19.3. The van der Waals surface area contributed by atoms with E-state index in [0.717, 1.165) is 29.9 Å². The summed E-state index contributed by atoms with van der Waals surface area (Å²) in [5, 5.41) is 16.1. The van der Waals surface area contributed by atoms with E-state index in [2.05, 4.69) is 62.4 Å². The van der Waals surface area contributed by atoms with Gasteiger partial charge in [-0.2, -0.15) is 8.78 Å². The number of nitrogens with zero attached hydrogens (tertiary/aromatic N) is 2. The van der Waals surface area contributed by atoms with Gasteiger partial charge < -0.3 is 15.1 Å². The summed E-state index contributed by atoms with van der Waals surface area (Å²) in [6, 6.07) is 18.8. The van der Waals surface area contributed by atoms with Gasteiger partial charge in [-0.25, -0.2) is 9.37 Å². The molecule has 0 unspecified atom stereocenters. The predicted octanol–water partition coefficient (Wildman–Crippen LogP) is 7.12. The van der Waals surface area contributed by atoms with E-state index in [-0.39, 0.29) is 12.4 Å². The molecule has 0 atom stereocenters. The molecule has 1 aromatic heterocycles. The van der Waals surface area contributed by atoms with Crippen LogP contribution in [0.4, 0.5) is 19.0 Å². The summed E-state index contributed by atoms with van der Waals surface area (Å²) in [4.78, 5) is 6.88. The molecule has 0 aliphatic carbocycles. The van der Waals surface area contributed by atoms with E-state index >= 15 is 0 Å². The fraction of sp³-hybridized carbons (Fsp3) is 0.367. The third kappa shape index (κ3) is 13.6. The number of pyridine rings is 1. The first-order valence-corrected chi connectivity index (χ1v) is 12.3. The average molecular weight is 517 g/mol. The quantitative estimate of drug-likeness (QED) is 0.298. The van der Waals surface area contributed by atoms with Crippen molar-refractivity contribution in [1.29, 1.82) is 0 Å². The Morgan fingerprint density at radius 2 is 1.54 bits per heavy atom. The van der Waals surface area contributed by atoms with Gasteiger partial charge in [-0.15, -0.1) is 6.58 Å². The topological polar surface area (TPSA) is 56.6 Å². The number of aliphatic hydroxyl groups excluding tert-OH is 2. The number of anilines is 1. The third-order valence-corrected chi connectivity index (χ3v) is 5.36. The second-order valence-electron chi connectivity index (χ2n) is 9.14. The summed E-state index contributed by atoms with van der Waals surface area (Å²) >= 11 is 0. The normalized spacial score (nSPS) is 10.5. The van der Waals surface area contributed by atoms with Crippen molar-refractivity contribution in [2.45, 2.75) is 59.8 Å². The van der Waals surface area contributed by atoms with Crippen molar-refractivity contribution in [3.05, 3.63) is 108 Å². The van der Waals surface area contributed by atoms with Crippen LogP contribution in [0, 0.1) is 11.7 Å². The van der Waals surface area contributed by atoms with Gasteiger partial charge in [0, 0.05) is 19.3 Å². The highest BCUT2D eigenvalue weighted by molar-refractivity contribution is 5.41. The van der Waals surface area contributed by atoms with Crippen molar-refractivity contribution in [2.24, 2.45) is 5.92 Å². The van der Waals surface area contributed by atoms with Crippen molar-refractivity contribution in [3.8, 4) is 0 Å². The first-order chi connectivity index (χ1) is 17.5. The molecule has 4 nitrogen and oxygen atoms in total. The van der Waals surface area contributed by atoms with E-state index < -0.39 is 6.61 Å². The van der Waals surface area contributed by atoms with Crippen LogP contribution in [-0.4, -0.2) is 28.4 Å². The van der Waals surface area contributed by atoms with Crippen LogP contribution >= 0.6 is 0 Å². The molecule has 0 bridgehead atoms. The predicted molar refractivity (Wildman–Crippen MR) is 145 cm³/mol. The smallest absolute Gasteiger partial charge is 0.342 e. The zero-order valence-corrected chi connectivity index (χ0v) is 22.1. The lowest BCUT2D eigenvalue weighted by molar-refractivity contribution is -0.0728. The van der Waals surface area contributed by atoms with Crippen LogP contribution in [0.1, 0.15) is 55.9 Å². The molecule has 0 aliphatic rings. The SMILES string of the molecule is C=CC(C)C.CC(C)c1ccc(N(CCc2cccc(CO)c2)Cc2ccc(F)cc2)nc1.OC(F)F. The summed E-state index contributed by atoms with van der Waals surface area (Å²) in [7, 11) is 0. The van der Waals surface area contributed by atoms with Gasteiger partial charge in [0.15, 0.2) is 0 Å². The number of rotatable bonds is 9. The molecule has 3 aromatic rings. The minimum absolute atomic E-state index is 0.0470. The molecule has 0 fully saturated rings. The van der Waals surface area contributed by atoms with Gasteiger partial charge in [-0.3, -0.25) is 0 Å². The van der Waals surface area contributed by atoms with Gasteiger partial charge in [0.2, 0.25) is 0 Å². The number of aromatic nitrogens is 1. The van der Waals surface area contributed by atoms with E-state index in [4.69, 9.17) is 5.11 Å². The molecular formula is C30H39F3N2O2. The zero-order chi connectivity index (χ0) is 27.8. The second kappa shape index (κ2) is 17.3. The fourth-order valence-corrected chi connectivity index (χ4v) is 3.16. The van der Waals surface area contributed by atoms with Crippen molar-refractivity contribution < 1.29 is 23.4 Å². The lowest BCUT2D eigenvalue weighted by Gasteiger charge is -2.24. The standard InChI is InChI=1S/C24H27FN2O.C5H10.CH2F2O/c1-18(2)22-8-11-24(26-15-22)27(16-20-6-9-23(25)10-7-20)13-12-19-4-3-5-21(14-19)17-28;1-4-5(2)3;2-1(3)4/h3-11,14-15,18,28H,12-13,16-17H2,1-2H3;4-5H,1H2,2-3H3;1,4H. The van der Waals surface area contributed by atoms with Crippen molar-refractivity contribution in [1.82, 2.24) is 4.98 Å². The number of hydrogen-bond acceptors (Lipinski definition) is 4. The van der Waals surface area contributed by atoms with Gasteiger partial charge in [-0.1, -0.05) is 76.2 Å². The molecule has 0 spiro atoms. The molecule has 2 N–H and O–H groups in total. The zero-order valence-electron chi connectivity index (χ0n) is 22.1. The Bertz CT molecular complexity index is 1020. The highest BCUT2D eigenvalue weighted by Gasteiger charge is 2.11. The molecule has 0 aliphatic heterocycles. The molecule has 0 amide bonds. The molecule has 1 heterocycles. The van der Waals surface area contributed by atoms with Crippen LogP contribution in [0.5, 0.6) is 0 Å². The minimum Gasteiger partial charge on any atom is -0.392 e. The average Bonchev–Trinajstić information content (AvgIpc) is 2.88. The van der Waals surface area contributed by atoms with Gasteiger partial charge in [0.05, 0.1) is 6.61 Å². The molecule has 3 rings (SSSR count). The van der Waals surface area contributed by atoms with Crippen LogP contribution in [-0.2, 0) is 19.6 Å². The Labute approximate surface area is 219 Å². The van der Waals surface area contributed by atoms with Gasteiger partial charge in [-0.05, 0) is 58.7 Å². The van der Waals surface area contributed by atoms with E-state index in [9.17, 15) is 18.3 Å². The summed E-state index contributed by atoms with van der Waals surface area (Å²) < 4.78 is 33.0. The largest absolute Gasteiger partial charge is 0.392 e. The molecule has 2 aromatic carbocycles. The minimum atomic E-state index is -3.17. The second-order valence-corrected chi connectivity index (χ2v) is 9.14. The molecule has 0 radical (unpaired) electrons. The van der Waals surface area contributed by atoms with E-state index in [1.165, 1.54) is 23.3 Å². The Kier molecular flexibility index (Phi) is 14.9. The summed E-state index contributed by atoms with van der Waals surface area (Å²) in [6.07, 6.45) is 4.69. The van der Waals surface area contributed by atoms with Crippen molar-refractivity contribution in [2.75, 3.05) is 11.4 Å². The summed E-state index contributed by atoms with van der Waals surface area (Å²) in [5.41, 5.74) is 4.35. The van der Waals surface area contributed by atoms with Gasteiger partial charge in [0.25, 0.3) is 0 Å². The molecule has 0 saturated heterocycles. The fourth-order valence-electron chi connectivity index (χ4n) is 3.16. The number of halogens is 3. The number of hydrogen-bond donors (Lipinski definition) is 2. The lowest BCUT2D eigenvalue weighted by atomic mass is 10.1. The number of allylic oxidation sites excluding steroid dienone is 1. The number of benzene rings is 2. The molecule has 37 heavy (non-hydrogen) atoms. The highest BCUT2D eigenvalue weighted by Crippen LogP contribution is 2.20. The van der Waals surface area contributed by atoms with E-state index in [1.54, 1.807) is 0 Å². The Morgan fingerprint density at radius 1 is 0.946 bits per heavy atom. The number of aliphatic hydroxyl groups is 2. The summed E-state index contributed by atoms with van der Waals surface area (Å²) in [5.74, 6) is 1.77. The van der Waals surface area contributed by atoms with Gasteiger partial charge >= 0.3 is 6.61 Å². The van der Waals surface area contributed by atoms with E-state index in [1.807, 2.05) is 42.6 Å². The Balaban J connectivity index is 0.000000657. The number of alkyl halides is 2. The van der Waals surface area contributed by atoms with Crippen molar-refractivity contribution >= 4 is 5.82 Å². The summed E-state index contributed by atoms with van der Waals surface area (Å²) in [6.45, 7) is 10.4. The first-order valence-electron chi connectivity index (χ1n) is 12.3. The molecule has 7 heteroatoms. The van der Waals surface area contributed by atoms with Crippen LogP contribution in [0.2, 0.25) is 0 Å². The molecular weight excluding hydrogens is 477 g/mol. The van der Waals surface area contributed by atoms with E-state index in [0.29, 0.717) is 18.4 Å². The van der Waals surface area contributed by atoms with Crippen LogP contribution in [0.3, 0.4) is 0 Å². The van der Waals surface area contributed by atoms with Crippen LogP contribution < -0.4 is 4.90 Å². The Morgan fingerprint density at radius 3 is 2.03 bits per heavy atom. The maximum atomic E-state index is 13.3. The van der Waals surface area contributed by atoms with Crippen LogP contribution in [0.25, 0.3) is 0 Å². The van der Waals surface area contributed by atoms with Crippen LogP contribution in [0.15, 0.2) is 79.5 Å². The lowest BCUT2D eigenvalue weighted by Crippen LogP contribution is -2.26. The molecule has 202 valence electrons. The third-order valence-electron chi connectivity index (χ3n) is 5.36. The maximum absolute atomic E-state index is 13.3.